The van der Waals surface area contributed by atoms with E-state index >= 15 is 0 Å². The Morgan fingerprint density at radius 2 is 2.05 bits per heavy atom. The Labute approximate surface area is 108 Å². The highest BCUT2D eigenvalue weighted by molar-refractivity contribution is 5.96. The van der Waals surface area contributed by atoms with Gasteiger partial charge in [0.1, 0.15) is 5.82 Å². The summed E-state index contributed by atoms with van der Waals surface area (Å²) in [5.74, 6) is -0.204. The van der Waals surface area contributed by atoms with Crippen LogP contribution in [0.4, 0.5) is 0 Å². The number of aryl methyl sites for hydroxylation is 1. The first kappa shape index (κ1) is 11.3. The Morgan fingerprint density at radius 1 is 1.26 bits per heavy atom. The monoisotopic (exact) mass is 254 g/mol. The van der Waals surface area contributed by atoms with Gasteiger partial charge in [0.15, 0.2) is 0 Å². The molecule has 0 bridgehead atoms. The number of rotatable bonds is 2. The van der Waals surface area contributed by atoms with Crippen LogP contribution >= 0.6 is 0 Å². The number of fused-ring (bicyclic) bond motifs is 1. The Kier molecular flexibility index (Phi) is 2.49. The molecule has 2 aromatic heterocycles. The number of benzene rings is 1. The summed E-state index contributed by atoms with van der Waals surface area (Å²) in [4.78, 5) is 18.6. The molecule has 0 atom stereocenters. The smallest absolute Gasteiger partial charge is 0.338 e. The van der Waals surface area contributed by atoms with E-state index in [4.69, 9.17) is 5.11 Å². The molecule has 0 amide bonds. The lowest BCUT2D eigenvalue weighted by atomic mass is 10.0. The number of imidazole rings is 1. The number of nitrogens with one attached hydrogen (secondary N) is 1. The quantitative estimate of drug-likeness (QED) is 0.730. The summed E-state index contributed by atoms with van der Waals surface area (Å²) < 4.78 is 0. The molecule has 0 saturated heterocycles. The third-order valence-corrected chi connectivity index (χ3v) is 2.87. The first-order chi connectivity index (χ1) is 9.15. The second-order valence-electron chi connectivity index (χ2n) is 4.18. The van der Waals surface area contributed by atoms with E-state index in [0.717, 1.165) is 22.4 Å². The van der Waals surface area contributed by atoms with Crippen molar-refractivity contribution in [1.82, 2.24) is 20.2 Å². The number of carbonyl (C=O) groups is 1. The van der Waals surface area contributed by atoms with Crippen LogP contribution in [0.5, 0.6) is 0 Å². The van der Waals surface area contributed by atoms with Gasteiger partial charge in [-0.15, -0.1) is 0 Å². The zero-order valence-electron chi connectivity index (χ0n) is 10.1. The van der Waals surface area contributed by atoms with Crippen molar-refractivity contribution in [2.24, 2.45) is 0 Å². The van der Waals surface area contributed by atoms with Gasteiger partial charge in [-0.25, -0.2) is 9.78 Å². The largest absolute Gasteiger partial charge is 0.478 e. The number of hydrogen-bond donors (Lipinski definition) is 2. The second kappa shape index (κ2) is 4.16. The maximum Gasteiger partial charge on any atom is 0.338 e. The van der Waals surface area contributed by atoms with E-state index in [1.165, 1.54) is 12.4 Å². The number of H-pyrrole nitrogens is 1. The van der Waals surface area contributed by atoms with Crippen LogP contribution < -0.4 is 0 Å². The summed E-state index contributed by atoms with van der Waals surface area (Å²) >= 11 is 0. The highest BCUT2D eigenvalue weighted by Crippen LogP contribution is 2.25. The van der Waals surface area contributed by atoms with E-state index in [0.29, 0.717) is 5.56 Å². The fraction of sp³-hybridized carbons (Fsp3) is 0.0769. The van der Waals surface area contributed by atoms with Gasteiger partial charge in [0.2, 0.25) is 0 Å². The zero-order valence-corrected chi connectivity index (χ0v) is 10.1. The second-order valence-corrected chi connectivity index (χ2v) is 4.18. The van der Waals surface area contributed by atoms with Crippen LogP contribution in [0.15, 0.2) is 30.6 Å². The molecule has 6 nitrogen and oxygen atoms in total. The predicted octanol–water partition coefficient (Wildman–Crippen LogP) is 2.03. The molecule has 0 aliphatic rings. The highest BCUT2D eigenvalue weighted by Gasteiger charge is 2.13. The lowest BCUT2D eigenvalue weighted by Gasteiger charge is -2.04. The summed E-state index contributed by atoms with van der Waals surface area (Å²) in [5, 5.41) is 16.5. The Balaban J connectivity index is 2.21. The lowest BCUT2D eigenvalue weighted by molar-refractivity contribution is 0.0697. The van der Waals surface area contributed by atoms with Crippen molar-refractivity contribution in [3.05, 3.63) is 42.0 Å². The standard InChI is InChI=1S/C13H10N4O2/c1-7-16-11-3-2-8(4-12(11)17-7)9-5-14-15-6-10(9)13(18)19/h2-6H,1H3,(H,16,17)(H,18,19). The van der Waals surface area contributed by atoms with Gasteiger partial charge in [-0.3, -0.25) is 0 Å². The van der Waals surface area contributed by atoms with E-state index < -0.39 is 5.97 Å². The number of carboxylic acids is 1. The molecule has 19 heavy (non-hydrogen) atoms. The summed E-state index contributed by atoms with van der Waals surface area (Å²) in [6, 6.07) is 5.53. The normalized spacial score (nSPS) is 10.8. The SMILES string of the molecule is Cc1nc2ccc(-c3cnncc3C(=O)O)cc2[nH]1. The third kappa shape index (κ3) is 1.93. The van der Waals surface area contributed by atoms with Gasteiger partial charge < -0.3 is 10.1 Å². The summed E-state index contributed by atoms with van der Waals surface area (Å²) in [7, 11) is 0. The van der Waals surface area contributed by atoms with Crippen molar-refractivity contribution in [2.45, 2.75) is 6.92 Å². The van der Waals surface area contributed by atoms with Crippen LogP contribution in [0.25, 0.3) is 22.2 Å². The summed E-state index contributed by atoms with van der Waals surface area (Å²) in [6.07, 6.45) is 2.70. The molecule has 1 aromatic carbocycles. The molecule has 0 aliphatic carbocycles. The van der Waals surface area contributed by atoms with E-state index in [9.17, 15) is 4.79 Å². The van der Waals surface area contributed by atoms with E-state index in [2.05, 4.69) is 20.2 Å². The number of hydrogen-bond acceptors (Lipinski definition) is 4. The maximum absolute atomic E-state index is 11.2. The number of nitrogens with zero attached hydrogens (tertiary/aromatic N) is 3. The molecule has 0 radical (unpaired) electrons. The number of carboxylic acid groups (broad SMARTS) is 1. The highest BCUT2D eigenvalue weighted by atomic mass is 16.4. The first-order valence-electron chi connectivity index (χ1n) is 5.66. The van der Waals surface area contributed by atoms with Crippen LogP contribution in [0.1, 0.15) is 16.2 Å². The van der Waals surface area contributed by atoms with Crippen LogP contribution in [-0.4, -0.2) is 31.2 Å². The summed E-state index contributed by atoms with van der Waals surface area (Å²) in [5.41, 5.74) is 3.15. The van der Waals surface area contributed by atoms with Crippen molar-refractivity contribution >= 4 is 17.0 Å². The molecular weight excluding hydrogens is 244 g/mol. The Hall–Kier alpha value is -2.76. The van der Waals surface area contributed by atoms with Crippen LogP contribution in [-0.2, 0) is 0 Å². The van der Waals surface area contributed by atoms with Crippen LogP contribution in [0.2, 0.25) is 0 Å². The van der Waals surface area contributed by atoms with Crippen molar-refractivity contribution < 1.29 is 9.90 Å². The van der Waals surface area contributed by atoms with Crippen molar-refractivity contribution in [2.75, 3.05) is 0 Å². The zero-order chi connectivity index (χ0) is 13.4. The topological polar surface area (TPSA) is 91.8 Å². The molecule has 0 spiro atoms. The van der Waals surface area contributed by atoms with Gasteiger partial charge in [-0.05, 0) is 24.6 Å². The minimum absolute atomic E-state index is 0.130. The van der Waals surface area contributed by atoms with Crippen molar-refractivity contribution in [1.29, 1.82) is 0 Å². The molecule has 2 N–H and O–H groups in total. The molecule has 0 unspecified atom stereocenters. The van der Waals surface area contributed by atoms with Gasteiger partial charge in [0.25, 0.3) is 0 Å². The van der Waals surface area contributed by atoms with Crippen LogP contribution in [0, 0.1) is 6.92 Å². The molecule has 3 rings (SSSR count). The average Bonchev–Trinajstić information content (AvgIpc) is 2.77. The molecular formula is C13H10N4O2. The van der Waals surface area contributed by atoms with Gasteiger partial charge in [0.05, 0.1) is 29.0 Å². The first-order valence-corrected chi connectivity index (χ1v) is 5.66. The summed E-state index contributed by atoms with van der Waals surface area (Å²) in [6.45, 7) is 1.87. The minimum Gasteiger partial charge on any atom is -0.478 e. The van der Waals surface area contributed by atoms with Gasteiger partial charge in [-0.1, -0.05) is 6.07 Å². The average molecular weight is 254 g/mol. The van der Waals surface area contributed by atoms with E-state index in [-0.39, 0.29) is 5.56 Å². The third-order valence-electron chi connectivity index (χ3n) is 2.87. The predicted molar refractivity (Wildman–Crippen MR) is 68.8 cm³/mol. The molecule has 6 heteroatoms. The Morgan fingerprint density at radius 3 is 2.84 bits per heavy atom. The van der Waals surface area contributed by atoms with Crippen molar-refractivity contribution in [3.63, 3.8) is 0 Å². The molecule has 0 saturated carbocycles. The fourth-order valence-corrected chi connectivity index (χ4v) is 2.03. The molecule has 0 fully saturated rings. The number of aromatic carboxylic acids is 1. The molecule has 94 valence electrons. The number of aromatic nitrogens is 4. The Bertz CT molecular complexity index is 779. The molecule has 0 aliphatic heterocycles. The maximum atomic E-state index is 11.2. The van der Waals surface area contributed by atoms with Gasteiger partial charge >= 0.3 is 5.97 Å². The number of aromatic amines is 1. The van der Waals surface area contributed by atoms with Crippen LogP contribution in [0.3, 0.4) is 0 Å². The fourth-order valence-electron chi connectivity index (χ4n) is 2.03. The van der Waals surface area contributed by atoms with E-state index in [1.54, 1.807) is 0 Å². The van der Waals surface area contributed by atoms with Gasteiger partial charge in [-0.2, -0.15) is 10.2 Å². The lowest BCUT2D eigenvalue weighted by Crippen LogP contribution is -2.01. The minimum atomic E-state index is -1.02. The molecule has 3 aromatic rings. The van der Waals surface area contributed by atoms with E-state index in [1.807, 2.05) is 25.1 Å². The molecule has 2 heterocycles. The van der Waals surface area contributed by atoms with Gasteiger partial charge in [0, 0.05) is 5.56 Å². The van der Waals surface area contributed by atoms with Crippen molar-refractivity contribution in [3.8, 4) is 11.1 Å².